The summed E-state index contributed by atoms with van der Waals surface area (Å²) in [6.45, 7) is 0.348. The molecule has 2 aliphatic heterocycles. The first-order valence-corrected chi connectivity index (χ1v) is 8.76. The van der Waals surface area contributed by atoms with Crippen LogP contribution in [-0.2, 0) is 37.9 Å². The molecule has 25 heavy (non-hydrogen) atoms. The predicted molar refractivity (Wildman–Crippen MR) is 86.0 cm³/mol. The molecule has 1 aliphatic carbocycles. The SMILES string of the molecule is COC[C@H]1O[C@H](OC)[C@@H](OC)[C@H]2O[C@@]3(OC)CCCC[C@]3(OC)O[C@@H]21. The third-order valence-electron chi connectivity index (χ3n) is 5.58. The molecule has 3 rings (SSSR count). The van der Waals surface area contributed by atoms with Crippen LogP contribution in [0.2, 0.25) is 0 Å². The zero-order valence-electron chi connectivity index (χ0n) is 15.7. The van der Waals surface area contributed by atoms with Gasteiger partial charge in [0.1, 0.15) is 24.4 Å². The van der Waals surface area contributed by atoms with Gasteiger partial charge >= 0.3 is 0 Å². The first-order valence-electron chi connectivity index (χ1n) is 8.76. The van der Waals surface area contributed by atoms with Crippen LogP contribution >= 0.6 is 0 Å². The Balaban J connectivity index is 1.97. The molecule has 3 aliphatic rings. The van der Waals surface area contributed by atoms with Crippen molar-refractivity contribution in [2.75, 3.05) is 42.2 Å². The first-order chi connectivity index (χ1) is 12.1. The maximum absolute atomic E-state index is 6.52. The zero-order chi connectivity index (χ0) is 18.1. The fraction of sp³-hybridized carbons (Fsp3) is 1.00. The molecule has 0 aromatic carbocycles. The third-order valence-corrected chi connectivity index (χ3v) is 5.58. The van der Waals surface area contributed by atoms with Crippen LogP contribution in [-0.4, -0.2) is 84.4 Å². The van der Waals surface area contributed by atoms with E-state index in [1.807, 2.05) is 0 Å². The van der Waals surface area contributed by atoms with Gasteiger partial charge in [-0.15, -0.1) is 0 Å². The van der Waals surface area contributed by atoms with Gasteiger partial charge in [-0.05, 0) is 12.8 Å². The molecule has 1 saturated carbocycles. The van der Waals surface area contributed by atoms with Crippen LogP contribution in [0.4, 0.5) is 0 Å². The Morgan fingerprint density at radius 2 is 1.44 bits per heavy atom. The monoisotopic (exact) mass is 362 g/mol. The Morgan fingerprint density at radius 1 is 0.840 bits per heavy atom. The van der Waals surface area contributed by atoms with Crippen LogP contribution < -0.4 is 0 Å². The molecule has 3 fully saturated rings. The largest absolute Gasteiger partial charge is 0.382 e. The van der Waals surface area contributed by atoms with E-state index in [1.54, 1.807) is 35.5 Å². The molecular formula is C17H30O8. The highest BCUT2D eigenvalue weighted by atomic mass is 16.8. The lowest BCUT2D eigenvalue weighted by Crippen LogP contribution is -2.75. The Morgan fingerprint density at radius 3 is 1.92 bits per heavy atom. The van der Waals surface area contributed by atoms with E-state index >= 15 is 0 Å². The van der Waals surface area contributed by atoms with E-state index in [4.69, 9.17) is 37.9 Å². The van der Waals surface area contributed by atoms with Gasteiger partial charge in [-0.25, -0.2) is 0 Å². The smallest absolute Gasteiger partial charge is 0.223 e. The van der Waals surface area contributed by atoms with E-state index in [-0.39, 0.29) is 6.10 Å². The van der Waals surface area contributed by atoms with E-state index in [2.05, 4.69) is 0 Å². The summed E-state index contributed by atoms with van der Waals surface area (Å²) in [5, 5.41) is 0. The fourth-order valence-electron chi connectivity index (χ4n) is 4.34. The molecule has 0 aromatic rings. The molecule has 0 amide bonds. The van der Waals surface area contributed by atoms with Crippen molar-refractivity contribution < 1.29 is 37.9 Å². The van der Waals surface area contributed by atoms with E-state index in [0.717, 1.165) is 12.8 Å². The second-order valence-corrected chi connectivity index (χ2v) is 6.72. The molecule has 8 nitrogen and oxygen atoms in total. The van der Waals surface area contributed by atoms with Crippen molar-refractivity contribution in [2.24, 2.45) is 0 Å². The number of ether oxygens (including phenoxy) is 8. The van der Waals surface area contributed by atoms with E-state index < -0.39 is 36.2 Å². The molecule has 146 valence electrons. The van der Waals surface area contributed by atoms with Crippen LogP contribution in [0.1, 0.15) is 25.7 Å². The first kappa shape index (κ1) is 19.4. The topological polar surface area (TPSA) is 73.8 Å². The Bertz CT molecular complexity index is 448. The highest BCUT2D eigenvalue weighted by Crippen LogP contribution is 2.51. The summed E-state index contributed by atoms with van der Waals surface area (Å²) >= 11 is 0. The van der Waals surface area contributed by atoms with Gasteiger partial charge in [-0.2, -0.15) is 0 Å². The van der Waals surface area contributed by atoms with Crippen molar-refractivity contribution in [1.29, 1.82) is 0 Å². The summed E-state index contributed by atoms with van der Waals surface area (Å²) in [5.74, 6) is -1.96. The molecule has 0 unspecified atom stereocenters. The van der Waals surface area contributed by atoms with Gasteiger partial charge < -0.3 is 37.9 Å². The van der Waals surface area contributed by atoms with E-state index in [1.165, 1.54) is 0 Å². The van der Waals surface area contributed by atoms with Gasteiger partial charge in [0.15, 0.2) is 6.29 Å². The van der Waals surface area contributed by atoms with Crippen molar-refractivity contribution in [1.82, 2.24) is 0 Å². The average molecular weight is 362 g/mol. The summed E-state index contributed by atoms with van der Waals surface area (Å²) in [5.41, 5.74) is 0. The van der Waals surface area contributed by atoms with Crippen LogP contribution in [0.3, 0.4) is 0 Å². The molecule has 8 heteroatoms. The predicted octanol–water partition coefficient (Wildman–Crippen LogP) is 1.06. The maximum Gasteiger partial charge on any atom is 0.223 e. The van der Waals surface area contributed by atoms with Crippen LogP contribution in [0, 0.1) is 0 Å². The number of hydrogen-bond donors (Lipinski definition) is 0. The molecule has 0 radical (unpaired) electrons. The molecule has 0 N–H and O–H groups in total. The minimum absolute atomic E-state index is 0.348. The van der Waals surface area contributed by atoms with Gasteiger partial charge in [0.25, 0.3) is 0 Å². The quantitative estimate of drug-likeness (QED) is 0.695. The average Bonchev–Trinajstić information content (AvgIpc) is 2.66. The van der Waals surface area contributed by atoms with E-state index in [0.29, 0.717) is 19.4 Å². The Hall–Kier alpha value is -0.320. The van der Waals surface area contributed by atoms with Crippen molar-refractivity contribution in [2.45, 2.75) is 68.0 Å². The molecule has 7 atom stereocenters. The molecule has 0 spiro atoms. The second-order valence-electron chi connectivity index (χ2n) is 6.72. The number of rotatable bonds is 6. The van der Waals surface area contributed by atoms with Gasteiger partial charge in [0.05, 0.1) is 6.61 Å². The fourth-order valence-corrected chi connectivity index (χ4v) is 4.34. The van der Waals surface area contributed by atoms with Gasteiger partial charge in [-0.1, -0.05) is 0 Å². The van der Waals surface area contributed by atoms with Crippen LogP contribution in [0.15, 0.2) is 0 Å². The summed E-state index contributed by atoms with van der Waals surface area (Å²) in [6.07, 6.45) is 1.08. The maximum atomic E-state index is 6.52. The lowest BCUT2D eigenvalue weighted by atomic mass is 9.83. The van der Waals surface area contributed by atoms with Crippen molar-refractivity contribution in [3.63, 3.8) is 0 Å². The Labute approximate surface area is 148 Å². The normalized spacial score (nSPS) is 47.2. The highest BCUT2D eigenvalue weighted by Gasteiger charge is 2.66. The number of methoxy groups -OCH3 is 5. The van der Waals surface area contributed by atoms with Gasteiger partial charge in [-0.3, -0.25) is 0 Å². The second kappa shape index (κ2) is 7.74. The number of fused-ring (bicyclic) bond motifs is 2. The zero-order valence-corrected chi connectivity index (χ0v) is 15.7. The molecule has 2 heterocycles. The summed E-state index contributed by atoms with van der Waals surface area (Å²) < 4.78 is 47.1. The van der Waals surface area contributed by atoms with Crippen molar-refractivity contribution in [3.8, 4) is 0 Å². The molecule has 0 aromatic heterocycles. The summed E-state index contributed by atoms with van der Waals surface area (Å²) in [7, 11) is 8.07. The van der Waals surface area contributed by atoms with Crippen LogP contribution in [0.25, 0.3) is 0 Å². The highest BCUT2D eigenvalue weighted by molar-refractivity contribution is 5.04. The molecule has 0 bridgehead atoms. The van der Waals surface area contributed by atoms with Crippen molar-refractivity contribution >= 4 is 0 Å². The lowest BCUT2D eigenvalue weighted by Gasteiger charge is -2.60. The summed E-state index contributed by atoms with van der Waals surface area (Å²) in [6, 6.07) is 0. The van der Waals surface area contributed by atoms with Crippen LogP contribution in [0.5, 0.6) is 0 Å². The van der Waals surface area contributed by atoms with Crippen molar-refractivity contribution in [3.05, 3.63) is 0 Å². The van der Waals surface area contributed by atoms with E-state index in [9.17, 15) is 0 Å². The van der Waals surface area contributed by atoms with Gasteiger partial charge in [0.2, 0.25) is 11.6 Å². The number of hydrogen-bond acceptors (Lipinski definition) is 8. The molecule has 2 saturated heterocycles. The molecular weight excluding hydrogens is 332 g/mol. The minimum atomic E-state index is -0.981. The summed E-state index contributed by atoms with van der Waals surface area (Å²) in [4.78, 5) is 0. The lowest BCUT2D eigenvalue weighted by molar-refractivity contribution is -0.497. The van der Waals surface area contributed by atoms with Gasteiger partial charge in [0, 0.05) is 48.4 Å². The third kappa shape index (κ3) is 3.02. The Kier molecular flexibility index (Phi) is 6.02. The standard InChI is InChI=1S/C17H30O8/c1-18-10-11-12-13(14(19-2)15(20-3)23-11)25-17(22-5)9-7-6-8-16(17,21-4)24-12/h11-15H,6-10H2,1-5H3/t11-,12-,13+,14+,15+,16+,17+/m1/s1. The minimum Gasteiger partial charge on any atom is -0.382 e.